The third kappa shape index (κ3) is 4.52. The number of ether oxygens (including phenoxy) is 1. The number of hydrogen-bond donors (Lipinski definition) is 2. The molecule has 0 saturated carbocycles. The lowest BCUT2D eigenvalue weighted by atomic mass is 10.1. The minimum atomic E-state index is -0.608. The Hall–Kier alpha value is -4.40. The molecular formula is C26H27N5O4. The van der Waals surface area contributed by atoms with Crippen molar-refractivity contribution in [3.8, 4) is 11.4 Å². The minimum absolute atomic E-state index is 0.0673. The van der Waals surface area contributed by atoms with Gasteiger partial charge < -0.3 is 9.30 Å². The third-order valence-electron chi connectivity index (χ3n) is 5.81. The molecule has 0 aliphatic heterocycles. The number of carbonyl (C=O) groups excluding carboxylic acids is 2. The zero-order valence-electron chi connectivity index (χ0n) is 20.1. The number of benzene rings is 2. The third-order valence-corrected chi connectivity index (χ3v) is 5.81. The van der Waals surface area contributed by atoms with Gasteiger partial charge in [-0.2, -0.15) is 5.10 Å². The van der Waals surface area contributed by atoms with E-state index in [1.165, 1.54) is 4.68 Å². The van der Waals surface area contributed by atoms with Crippen LogP contribution in [-0.2, 0) is 6.54 Å². The molecule has 2 aromatic carbocycles. The molecule has 9 nitrogen and oxygen atoms in total. The van der Waals surface area contributed by atoms with Crippen LogP contribution in [0.5, 0.6) is 5.75 Å². The van der Waals surface area contributed by atoms with Crippen LogP contribution in [0.1, 0.15) is 45.6 Å². The van der Waals surface area contributed by atoms with Crippen molar-refractivity contribution in [2.24, 2.45) is 0 Å². The van der Waals surface area contributed by atoms with E-state index in [4.69, 9.17) is 4.74 Å². The second-order valence-corrected chi connectivity index (χ2v) is 8.15. The highest BCUT2D eigenvalue weighted by atomic mass is 16.5. The number of amides is 2. The number of rotatable bonds is 6. The maximum atomic E-state index is 13.0. The Morgan fingerprint density at radius 3 is 2.29 bits per heavy atom. The van der Waals surface area contributed by atoms with Crippen molar-refractivity contribution in [3.63, 3.8) is 0 Å². The van der Waals surface area contributed by atoms with E-state index >= 15 is 0 Å². The first-order valence-electron chi connectivity index (χ1n) is 11.3. The van der Waals surface area contributed by atoms with Gasteiger partial charge in [-0.15, -0.1) is 0 Å². The Balaban J connectivity index is 1.58. The first kappa shape index (κ1) is 23.7. The van der Waals surface area contributed by atoms with Gasteiger partial charge in [0.25, 0.3) is 17.4 Å². The molecule has 0 bridgehead atoms. The van der Waals surface area contributed by atoms with Gasteiger partial charge >= 0.3 is 0 Å². The summed E-state index contributed by atoms with van der Waals surface area (Å²) in [4.78, 5) is 38.6. The molecule has 0 aliphatic rings. The van der Waals surface area contributed by atoms with Gasteiger partial charge in [0.05, 0.1) is 18.1 Å². The molecule has 35 heavy (non-hydrogen) atoms. The molecule has 2 heterocycles. The fourth-order valence-corrected chi connectivity index (χ4v) is 4.13. The number of aromatic nitrogens is 3. The molecule has 2 aromatic heterocycles. The number of nitrogens with one attached hydrogen (secondary N) is 2. The van der Waals surface area contributed by atoms with Gasteiger partial charge in [0.15, 0.2) is 5.69 Å². The summed E-state index contributed by atoms with van der Waals surface area (Å²) in [6.45, 7) is 6.04. The lowest BCUT2D eigenvalue weighted by Crippen LogP contribution is -2.43. The highest BCUT2D eigenvalue weighted by Gasteiger charge is 2.20. The van der Waals surface area contributed by atoms with Crippen LogP contribution < -0.4 is 21.1 Å². The molecule has 2 N–H and O–H groups in total. The van der Waals surface area contributed by atoms with Crippen molar-refractivity contribution in [2.45, 2.75) is 33.7 Å². The molecule has 0 saturated heterocycles. The quantitative estimate of drug-likeness (QED) is 0.418. The van der Waals surface area contributed by atoms with Crippen LogP contribution in [0.3, 0.4) is 0 Å². The molecule has 180 valence electrons. The number of aryl methyl sites for hydroxylation is 2. The first-order valence-corrected chi connectivity index (χ1v) is 11.3. The van der Waals surface area contributed by atoms with Gasteiger partial charge in [0.2, 0.25) is 0 Å². The summed E-state index contributed by atoms with van der Waals surface area (Å²) in [6.07, 6.45) is 0.687. The van der Waals surface area contributed by atoms with Crippen molar-refractivity contribution in [2.75, 3.05) is 7.11 Å². The van der Waals surface area contributed by atoms with E-state index in [0.29, 0.717) is 29.3 Å². The average molecular weight is 474 g/mol. The minimum Gasteiger partial charge on any atom is -0.497 e. The Bertz CT molecular complexity index is 1470. The normalized spacial score (nSPS) is 10.9. The summed E-state index contributed by atoms with van der Waals surface area (Å²) in [5.74, 6) is -0.330. The Kier molecular flexibility index (Phi) is 6.68. The molecule has 0 atom stereocenters. The van der Waals surface area contributed by atoms with Crippen molar-refractivity contribution in [3.05, 3.63) is 87.6 Å². The standard InChI is InChI=1S/C26H27N5O4/c1-5-14-30-26(34)21-9-7-6-8-20(21)23(29-30)25(33)28-27-24(32)22-15-16(2)31(17(22)3)18-10-12-19(35-4)13-11-18/h6-13,15H,5,14H2,1-4H3,(H,27,32)(H,28,33). The van der Waals surface area contributed by atoms with E-state index in [9.17, 15) is 14.4 Å². The number of nitrogens with zero attached hydrogens (tertiary/aromatic N) is 3. The van der Waals surface area contributed by atoms with Gasteiger partial charge in [-0.05, 0) is 56.7 Å². The summed E-state index contributed by atoms with van der Waals surface area (Å²) in [7, 11) is 1.61. The molecule has 9 heteroatoms. The molecular weight excluding hydrogens is 446 g/mol. The van der Waals surface area contributed by atoms with E-state index in [1.807, 2.05) is 49.6 Å². The summed E-state index contributed by atoms with van der Waals surface area (Å²) >= 11 is 0. The van der Waals surface area contributed by atoms with Crippen LogP contribution >= 0.6 is 0 Å². The highest BCUT2D eigenvalue weighted by molar-refractivity contribution is 6.06. The largest absolute Gasteiger partial charge is 0.497 e. The maximum absolute atomic E-state index is 13.0. The number of methoxy groups -OCH3 is 1. The van der Waals surface area contributed by atoms with E-state index < -0.39 is 11.8 Å². The molecule has 4 rings (SSSR count). The van der Waals surface area contributed by atoms with Crippen molar-refractivity contribution in [1.82, 2.24) is 25.2 Å². The highest BCUT2D eigenvalue weighted by Crippen LogP contribution is 2.23. The predicted molar refractivity (Wildman–Crippen MR) is 133 cm³/mol. The van der Waals surface area contributed by atoms with Gasteiger partial charge in [-0.1, -0.05) is 25.1 Å². The summed E-state index contributed by atoms with van der Waals surface area (Å²) in [5, 5.41) is 5.08. The van der Waals surface area contributed by atoms with Gasteiger partial charge in [-0.25, -0.2) is 4.68 Å². The van der Waals surface area contributed by atoms with Crippen molar-refractivity contribution >= 4 is 22.6 Å². The van der Waals surface area contributed by atoms with E-state index in [1.54, 1.807) is 37.4 Å². The van der Waals surface area contributed by atoms with Gasteiger partial charge in [0, 0.05) is 29.0 Å². The van der Waals surface area contributed by atoms with E-state index in [2.05, 4.69) is 16.0 Å². The summed E-state index contributed by atoms with van der Waals surface area (Å²) in [6, 6.07) is 16.1. The van der Waals surface area contributed by atoms with Crippen LogP contribution in [-0.4, -0.2) is 33.3 Å². The van der Waals surface area contributed by atoms with Crippen molar-refractivity contribution in [1.29, 1.82) is 0 Å². The molecule has 0 fully saturated rings. The predicted octanol–water partition coefficient (Wildman–Crippen LogP) is 3.30. The number of hydrazine groups is 1. The number of carbonyl (C=O) groups is 2. The first-order chi connectivity index (χ1) is 16.8. The van der Waals surface area contributed by atoms with E-state index in [-0.39, 0.29) is 11.3 Å². The number of hydrogen-bond acceptors (Lipinski definition) is 5. The van der Waals surface area contributed by atoms with Crippen LogP contribution in [0, 0.1) is 13.8 Å². The average Bonchev–Trinajstić information content (AvgIpc) is 3.18. The second-order valence-electron chi connectivity index (χ2n) is 8.15. The topological polar surface area (TPSA) is 107 Å². The molecule has 0 radical (unpaired) electrons. The Morgan fingerprint density at radius 2 is 1.63 bits per heavy atom. The van der Waals surface area contributed by atoms with Crippen LogP contribution in [0.25, 0.3) is 16.5 Å². The molecule has 0 aliphatic carbocycles. The second kappa shape index (κ2) is 9.84. The van der Waals surface area contributed by atoms with Gasteiger partial charge in [0.1, 0.15) is 5.75 Å². The lowest BCUT2D eigenvalue weighted by Gasteiger charge is -2.12. The summed E-state index contributed by atoms with van der Waals surface area (Å²) < 4.78 is 8.45. The smallest absolute Gasteiger partial charge is 0.290 e. The number of fused-ring (bicyclic) bond motifs is 1. The van der Waals surface area contributed by atoms with Crippen LogP contribution in [0.15, 0.2) is 59.4 Å². The van der Waals surface area contributed by atoms with Crippen molar-refractivity contribution < 1.29 is 14.3 Å². The van der Waals surface area contributed by atoms with E-state index in [0.717, 1.165) is 22.8 Å². The van der Waals surface area contributed by atoms with Crippen LogP contribution in [0.2, 0.25) is 0 Å². The monoisotopic (exact) mass is 473 g/mol. The SMILES string of the molecule is CCCn1nc(C(=O)NNC(=O)c2cc(C)n(-c3ccc(OC)cc3)c2C)c2ccccc2c1=O. The summed E-state index contributed by atoms with van der Waals surface area (Å²) in [5.41, 5.74) is 7.63. The molecule has 0 unspecified atom stereocenters. The fourth-order valence-electron chi connectivity index (χ4n) is 4.13. The van der Waals surface area contributed by atoms with Crippen LogP contribution in [0.4, 0.5) is 0 Å². The molecule has 4 aromatic rings. The Labute approximate surface area is 202 Å². The molecule has 0 spiro atoms. The molecule has 2 amide bonds. The maximum Gasteiger partial charge on any atom is 0.290 e. The zero-order valence-corrected chi connectivity index (χ0v) is 20.1. The fraction of sp³-hybridized carbons (Fsp3) is 0.231. The zero-order chi connectivity index (χ0) is 25.1. The Morgan fingerprint density at radius 1 is 0.971 bits per heavy atom. The lowest BCUT2D eigenvalue weighted by molar-refractivity contribution is 0.0843. The van der Waals surface area contributed by atoms with Gasteiger partial charge in [-0.3, -0.25) is 25.2 Å².